The van der Waals surface area contributed by atoms with Crippen molar-refractivity contribution in [1.29, 1.82) is 0 Å². The van der Waals surface area contributed by atoms with Crippen LogP contribution in [0, 0.1) is 6.92 Å². The molecule has 0 bridgehead atoms. The van der Waals surface area contributed by atoms with Crippen LogP contribution in [0.4, 0.5) is 5.82 Å². The molecule has 0 saturated heterocycles. The lowest BCUT2D eigenvalue weighted by Crippen LogP contribution is -2.31. The monoisotopic (exact) mass is 290 g/mol. The fraction of sp³-hybridized carbons (Fsp3) is 0.385. The van der Waals surface area contributed by atoms with E-state index in [0.717, 1.165) is 11.6 Å². The molecule has 0 saturated carbocycles. The number of aryl methyl sites for hydroxylation is 1. The third kappa shape index (κ3) is 4.25. The van der Waals surface area contributed by atoms with Crippen molar-refractivity contribution in [2.75, 3.05) is 32.1 Å². The van der Waals surface area contributed by atoms with E-state index >= 15 is 0 Å². The molecule has 2 aromatic heterocycles. The van der Waals surface area contributed by atoms with Crippen LogP contribution in [0.1, 0.15) is 5.82 Å². The average molecular weight is 290 g/mol. The summed E-state index contributed by atoms with van der Waals surface area (Å²) in [4.78, 5) is 23.7. The molecule has 2 rings (SSSR count). The zero-order valence-electron chi connectivity index (χ0n) is 12.0. The van der Waals surface area contributed by atoms with Crippen LogP contribution in [0.5, 0.6) is 0 Å². The fourth-order valence-electron chi connectivity index (χ4n) is 1.77. The van der Waals surface area contributed by atoms with Crippen molar-refractivity contribution in [3.63, 3.8) is 0 Å². The molecule has 2 N–H and O–H groups in total. The minimum absolute atomic E-state index is 0.0670. The molecule has 0 radical (unpaired) electrons. The number of ether oxygens (including phenoxy) is 1. The van der Waals surface area contributed by atoms with Gasteiger partial charge in [-0.3, -0.25) is 9.36 Å². The largest absolute Gasteiger partial charge is 0.375 e. The van der Waals surface area contributed by atoms with Gasteiger partial charge in [-0.2, -0.15) is 0 Å². The Morgan fingerprint density at radius 3 is 2.90 bits per heavy atom. The lowest BCUT2D eigenvalue weighted by Gasteiger charge is -2.09. The molecule has 8 nitrogen and oxygen atoms in total. The molecule has 112 valence electrons. The van der Waals surface area contributed by atoms with Crippen LogP contribution in [0.15, 0.2) is 24.8 Å². The number of methoxy groups -OCH3 is 1. The molecule has 0 aliphatic heterocycles. The van der Waals surface area contributed by atoms with Crippen LogP contribution >= 0.6 is 0 Å². The van der Waals surface area contributed by atoms with E-state index in [1.54, 1.807) is 6.20 Å². The molecule has 2 aromatic rings. The number of hydrogen-bond acceptors (Lipinski definition) is 6. The van der Waals surface area contributed by atoms with E-state index in [-0.39, 0.29) is 12.5 Å². The second-order valence-corrected chi connectivity index (χ2v) is 4.32. The Morgan fingerprint density at radius 1 is 1.33 bits per heavy atom. The van der Waals surface area contributed by atoms with Crippen LogP contribution < -0.4 is 10.6 Å². The van der Waals surface area contributed by atoms with Gasteiger partial charge in [0.25, 0.3) is 0 Å². The number of imidazole rings is 1. The van der Waals surface area contributed by atoms with E-state index in [2.05, 4.69) is 25.6 Å². The molecule has 21 heavy (non-hydrogen) atoms. The van der Waals surface area contributed by atoms with Crippen LogP contribution in [0.25, 0.3) is 5.82 Å². The van der Waals surface area contributed by atoms with Crippen LogP contribution in [-0.4, -0.2) is 52.2 Å². The van der Waals surface area contributed by atoms with Gasteiger partial charge in [-0.25, -0.2) is 15.0 Å². The van der Waals surface area contributed by atoms with E-state index in [0.29, 0.717) is 18.9 Å². The number of nitrogens with zero attached hydrogens (tertiary/aromatic N) is 4. The van der Waals surface area contributed by atoms with E-state index in [1.807, 2.05) is 23.8 Å². The number of nitrogens with one attached hydrogen (secondary N) is 2. The Balaban J connectivity index is 1.87. The van der Waals surface area contributed by atoms with Gasteiger partial charge in [0.1, 0.15) is 30.4 Å². The molecule has 0 unspecified atom stereocenters. The van der Waals surface area contributed by atoms with Gasteiger partial charge in [0.2, 0.25) is 5.91 Å². The summed E-state index contributed by atoms with van der Waals surface area (Å²) in [6, 6.07) is 1.83. The second kappa shape index (κ2) is 7.34. The van der Waals surface area contributed by atoms with Gasteiger partial charge in [-0.1, -0.05) is 0 Å². The summed E-state index contributed by atoms with van der Waals surface area (Å²) in [5.74, 6) is 2.14. The molecule has 0 spiro atoms. The smallest absolute Gasteiger partial charge is 0.246 e. The summed E-state index contributed by atoms with van der Waals surface area (Å²) in [5.41, 5.74) is 0. The summed E-state index contributed by atoms with van der Waals surface area (Å²) in [5, 5.41) is 5.84. The normalized spacial score (nSPS) is 10.4. The zero-order chi connectivity index (χ0) is 15.1. The molecular weight excluding hydrogens is 272 g/mol. The zero-order valence-corrected chi connectivity index (χ0v) is 12.0. The first-order valence-corrected chi connectivity index (χ1v) is 6.52. The quantitative estimate of drug-likeness (QED) is 0.705. The first-order chi connectivity index (χ1) is 10.2. The number of carbonyl (C=O) groups is 1. The Morgan fingerprint density at radius 2 is 2.19 bits per heavy atom. The summed E-state index contributed by atoms with van der Waals surface area (Å²) in [6.45, 7) is 3.03. The molecule has 0 aromatic carbocycles. The minimum Gasteiger partial charge on any atom is -0.375 e. The van der Waals surface area contributed by atoms with Crippen molar-refractivity contribution in [3.8, 4) is 5.82 Å². The van der Waals surface area contributed by atoms with Crippen molar-refractivity contribution in [3.05, 3.63) is 30.6 Å². The molecule has 0 aliphatic carbocycles. The highest BCUT2D eigenvalue weighted by Gasteiger charge is 2.04. The highest BCUT2D eigenvalue weighted by Crippen LogP contribution is 2.10. The van der Waals surface area contributed by atoms with Crippen molar-refractivity contribution >= 4 is 11.7 Å². The number of carbonyl (C=O) groups excluding carboxylic acids is 1. The van der Waals surface area contributed by atoms with E-state index in [1.165, 1.54) is 13.4 Å². The maximum atomic E-state index is 11.2. The van der Waals surface area contributed by atoms with E-state index < -0.39 is 0 Å². The first-order valence-electron chi connectivity index (χ1n) is 6.52. The van der Waals surface area contributed by atoms with Crippen molar-refractivity contribution < 1.29 is 9.53 Å². The minimum atomic E-state index is -0.142. The van der Waals surface area contributed by atoms with Crippen molar-refractivity contribution in [1.82, 2.24) is 24.8 Å². The van der Waals surface area contributed by atoms with Crippen molar-refractivity contribution in [2.24, 2.45) is 0 Å². The van der Waals surface area contributed by atoms with Gasteiger partial charge >= 0.3 is 0 Å². The maximum Gasteiger partial charge on any atom is 0.246 e. The first kappa shape index (κ1) is 14.9. The molecule has 8 heteroatoms. The predicted octanol–water partition coefficient (Wildman–Crippen LogP) is 0.145. The highest BCUT2D eigenvalue weighted by atomic mass is 16.5. The number of hydrogen-bond donors (Lipinski definition) is 2. The molecule has 0 fully saturated rings. The van der Waals surface area contributed by atoms with E-state index in [9.17, 15) is 4.79 Å². The Labute approximate surface area is 122 Å². The summed E-state index contributed by atoms with van der Waals surface area (Å²) in [7, 11) is 1.48. The van der Waals surface area contributed by atoms with E-state index in [4.69, 9.17) is 4.74 Å². The number of amides is 1. The SMILES string of the molecule is COCC(=O)NCCNc1cc(-n2ccnc2C)ncn1. The second-order valence-electron chi connectivity index (χ2n) is 4.32. The third-order valence-corrected chi connectivity index (χ3v) is 2.75. The number of rotatable bonds is 7. The van der Waals surface area contributed by atoms with Gasteiger partial charge in [-0.05, 0) is 6.92 Å². The summed E-state index contributed by atoms with van der Waals surface area (Å²) < 4.78 is 6.59. The fourth-order valence-corrected chi connectivity index (χ4v) is 1.77. The molecule has 0 atom stereocenters. The Bertz CT molecular complexity index is 598. The third-order valence-electron chi connectivity index (χ3n) is 2.75. The van der Waals surface area contributed by atoms with Gasteiger partial charge < -0.3 is 15.4 Å². The number of aromatic nitrogens is 4. The van der Waals surface area contributed by atoms with Crippen LogP contribution in [0.3, 0.4) is 0 Å². The average Bonchev–Trinajstić information content (AvgIpc) is 2.90. The Hall–Kier alpha value is -2.48. The standard InChI is InChI=1S/C13H18N6O2/c1-10-14-5-6-19(10)12-7-11(17-9-18-12)15-3-4-16-13(20)8-21-2/h5-7,9H,3-4,8H2,1-2H3,(H,16,20)(H,15,17,18). The van der Waals surface area contributed by atoms with Crippen LogP contribution in [0.2, 0.25) is 0 Å². The molecule has 2 heterocycles. The Kier molecular flexibility index (Phi) is 5.22. The molecule has 0 aliphatic rings. The molecule has 1 amide bonds. The van der Waals surface area contributed by atoms with Gasteiger partial charge in [0.15, 0.2) is 0 Å². The van der Waals surface area contributed by atoms with Crippen LogP contribution in [-0.2, 0) is 9.53 Å². The lowest BCUT2D eigenvalue weighted by atomic mass is 10.4. The van der Waals surface area contributed by atoms with Gasteiger partial charge in [0.05, 0.1) is 0 Å². The van der Waals surface area contributed by atoms with Gasteiger partial charge in [-0.15, -0.1) is 0 Å². The summed E-state index contributed by atoms with van der Waals surface area (Å²) in [6.07, 6.45) is 5.04. The lowest BCUT2D eigenvalue weighted by molar-refractivity contribution is -0.124. The topological polar surface area (TPSA) is 94.0 Å². The summed E-state index contributed by atoms with van der Waals surface area (Å²) >= 11 is 0. The molecular formula is C13H18N6O2. The number of anilines is 1. The van der Waals surface area contributed by atoms with Crippen molar-refractivity contribution in [2.45, 2.75) is 6.92 Å². The predicted molar refractivity (Wildman–Crippen MR) is 77.3 cm³/mol. The maximum absolute atomic E-state index is 11.2. The van der Waals surface area contributed by atoms with Gasteiger partial charge in [0, 0.05) is 38.7 Å². The highest BCUT2D eigenvalue weighted by molar-refractivity contribution is 5.77.